The Morgan fingerprint density at radius 1 is 1.38 bits per heavy atom. The summed E-state index contributed by atoms with van der Waals surface area (Å²) >= 11 is 0. The van der Waals surface area contributed by atoms with E-state index in [1.165, 1.54) is 12.1 Å². The van der Waals surface area contributed by atoms with Crippen LogP contribution in [0.15, 0.2) is 24.3 Å². The molecule has 1 atom stereocenters. The predicted octanol–water partition coefficient (Wildman–Crippen LogP) is 2.30. The molecule has 0 amide bonds. The van der Waals surface area contributed by atoms with E-state index in [0.717, 1.165) is 12.8 Å². The molecule has 1 aliphatic heterocycles. The number of rotatable bonds is 3. The van der Waals surface area contributed by atoms with Gasteiger partial charge in [-0.05, 0) is 37.1 Å². The van der Waals surface area contributed by atoms with Gasteiger partial charge in [0.25, 0.3) is 0 Å². The smallest absolute Gasteiger partial charge is 0.306 e. The van der Waals surface area contributed by atoms with E-state index in [9.17, 15) is 9.18 Å². The lowest BCUT2D eigenvalue weighted by Gasteiger charge is -2.22. The maximum Gasteiger partial charge on any atom is 0.306 e. The van der Waals surface area contributed by atoms with Gasteiger partial charge in [0.15, 0.2) is 0 Å². The third-order valence-electron chi connectivity index (χ3n) is 2.45. The molecule has 1 heterocycles. The fourth-order valence-corrected chi connectivity index (χ4v) is 1.62. The number of halogens is 1. The lowest BCUT2D eigenvalue weighted by molar-refractivity contribution is -0.155. The Labute approximate surface area is 93.2 Å². The van der Waals surface area contributed by atoms with E-state index < -0.39 is 0 Å². The minimum Gasteiger partial charge on any atom is -0.490 e. The van der Waals surface area contributed by atoms with Crippen LogP contribution in [-0.4, -0.2) is 18.7 Å². The van der Waals surface area contributed by atoms with Gasteiger partial charge in [-0.3, -0.25) is 4.79 Å². The van der Waals surface area contributed by atoms with Gasteiger partial charge in [0.2, 0.25) is 0 Å². The average molecular weight is 224 g/mol. The van der Waals surface area contributed by atoms with Crippen molar-refractivity contribution in [1.82, 2.24) is 0 Å². The number of esters is 1. The number of hydrogen-bond donors (Lipinski definition) is 0. The first kappa shape index (κ1) is 10.9. The molecule has 1 aromatic carbocycles. The molecule has 0 bridgehead atoms. The predicted molar refractivity (Wildman–Crippen MR) is 55.6 cm³/mol. The number of carbonyl (C=O) groups is 1. The van der Waals surface area contributed by atoms with Crippen LogP contribution in [0.5, 0.6) is 5.75 Å². The Balaban J connectivity index is 1.82. The van der Waals surface area contributed by atoms with Crippen molar-refractivity contribution in [3.63, 3.8) is 0 Å². The van der Waals surface area contributed by atoms with Gasteiger partial charge in [0.05, 0.1) is 0 Å². The van der Waals surface area contributed by atoms with Crippen LogP contribution in [-0.2, 0) is 9.53 Å². The molecule has 86 valence electrons. The molecular formula is C12H13FO3. The van der Waals surface area contributed by atoms with Crippen molar-refractivity contribution < 1.29 is 18.7 Å². The summed E-state index contributed by atoms with van der Waals surface area (Å²) in [5.74, 6) is 0.124. The summed E-state index contributed by atoms with van der Waals surface area (Å²) in [6.07, 6.45) is 1.99. The minimum absolute atomic E-state index is 0.168. The van der Waals surface area contributed by atoms with Crippen molar-refractivity contribution in [3.05, 3.63) is 30.1 Å². The lowest BCUT2D eigenvalue weighted by atomic mass is 10.1. The molecule has 1 aromatic rings. The molecule has 3 nitrogen and oxygen atoms in total. The van der Waals surface area contributed by atoms with Crippen LogP contribution in [0.25, 0.3) is 0 Å². The van der Waals surface area contributed by atoms with E-state index in [-0.39, 0.29) is 17.9 Å². The van der Waals surface area contributed by atoms with E-state index in [4.69, 9.17) is 9.47 Å². The van der Waals surface area contributed by atoms with Gasteiger partial charge >= 0.3 is 5.97 Å². The fourth-order valence-electron chi connectivity index (χ4n) is 1.62. The van der Waals surface area contributed by atoms with Gasteiger partial charge in [0, 0.05) is 6.42 Å². The zero-order valence-electron chi connectivity index (χ0n) is 8.82. The van der Waals surface area contributed by atoms with Gasteiger partial charge in [-0.1, -0.05) is 0 Å². The summed E-state index contributed by atoms with van der Waals surface area (Å²) in [6.45, 7) is 0.331. The molecule has 0 aromatic heterocycles. The third kappa shape index (κ3) is 2.95. The molecule has 4 heteroatoms. The van der Waals surface area contributed by atoms with Crippen molar-refractivity contribution in [2.24, 2.45) is 0 Å². The molecule has 16 heavy (non-hydrogen) atoms. The Morgan fingerprint density at radius 2 is 2.12 bits per heavy atom. The van der Waals surface area contributed by atoms with Crippen LogP contribution in [0.3, 0.4) is 0 Å². The second-order valence-corrected chi connectivity index (χ2v) is 3.77. The first-order chi connectivity index (χ1) is 7.74. The summed E-state index contributed by atoms with van der Waals surface area (Å²) in [7, 11) is 0. The van der Waals surface area contributed by atoms with Gasteiger partial charge in [-0.25, -0.2) is 4.39 Å². The molecule has 0 spiro atoms. The number of ether oxygens (including phenoxy) is 2. The van der Waals surface area contributed by atoms with Crippen LogP contribution in [0, 0.1) is 5.82 Å². The Hall–Kier alpha value is -1.58. The van der Waals surface area contributed by atoms with Crippen LogP contribution in [0.2, 0.25) is 0 Å². The maximum atomic E-state index is 12.6. The van der Waals surface area contributed by atoms with Crippen LogP contribution in [0.1, 0.15) is 19.3 Å². The summed E-state index contributed by atoms with van der Waals surface area (Å²) < 4.78 is 23.1. The molecule has 1 aliphatic rings. The highest BCUT2D eigenvalue weighted by molar-refractivity contribution is 5.70. The number of cyclic esters (lactones) is 1. The number of hydrogen-bond acceptors (Lipinski definition) is 3. The van der Waals surface area contributed by atoms with Gasteiger partial charge in [-0.2, -0.15) is 0 Å². The van der Waals surface area contributed by atoms with Crippen LogP contribution >= 0.6 is 0 Å². The first-order valence-electron chi connectivity index (χ1n) is 5.32. The van der Waals surface area contributed by atoms with E-state index >= 15 is 0 Å². The quantitative estimate of drug-likeness (QED) is 0.739. The molecule has 1 unspecified atom stereocenters. The van der Waals surface area contributed by atoms with Gasteiger partial charge in [-0.15, -0.1) is 0 Å². The SMILES string of the molecule is O=C1CCCC(COc2ccc(F)cc2)O1. The number of benzene rings is 1. The Bertz CT molecular complexity index is 361. The highest BCUT2D eigenvalue weighted by Gasteiger charge is 2.20. The second kappa shape index (κ2) is 4.96. The zero-order chi connectivity index (χ0) is 11.4. The molecule has 0 N–H and O–H groups in total. The largest absolute Gasteiger partial charge is 0.490 e. The molecular weight excluding hydrogens is 211 g/mol. The van der Waals surface area contributed by atoms with Crippen molar-refractivity contribution in [2.45, 2.75) is 25.4 Å². The molecule has 1 saturated heterocycles. The number of carbonyl (C=O) groups excluding carboxylic acids is 1. The molecule has 0 saturated carbocycles. The maximum absolute atomic E-state index is 12.6. The van der Waals surface area contributed by atoms with Crippen LogP contribution in [0.4, 0.5) is 4.39 Å². The monoisotopic (exact) mass is 224 g/mol. The van der Waals surface area contributed by atoms with E-state index in [2.05, 4.69) is 0 Å². The third-order valence-corrected chi connectivity index (χ3v) is 2.45. The van der Waals surface area contributed by atoms with Crippen molar-refractivity contribution >= 4 is 5.97 Å². The van der Waals surface area contributed by atoms with Crippen molar-refractivity contribution in [2.75, 3.05) is 6.61 Å². The molecule has 0 aliphatic carbocycles. The van der Waals surface area contributed by atoms with Gasteiger partial charge < -0.3 is 9.47 Å². The first-order valence-corrected chi connectivity index (χ1v) is 5.32. The topological polar surface area (TPSA) is 35.5 Å². The average Bonchev–Trinajstić information content (AvgIpc) is 2.28. The summed E-state index contributed by atoms with van der Waals surface area (Å²) in [5.41, 5.74) is 0. The van der Waals surface area contributed by atoms with Gasteiger partial charge in [0.1, 0.15) is 24.3 Å². The lowest BCUT2D eigenvalue weighted by Crippen LogP contribution is -2.28. The molecule has 1 fully saturated rings. The van der Waals surface area contributed by atoms with E-state index in [0.29, 0.717) is 18.8 Å². The molecule has 2 rings (SSSR count). The summed E-state index contributed by atoms with van der Waals surface area (Å²) in [4.78, 5) is 11.0. The standard InChI is InChI=1S/C12H13FO3/c13-9-4-6-10(7-5-9)15-8-11-2-1-3-12(14)16-11/h4-7,11H,1-3,8H2. The zero-order valence-corrected chi connectivity index (χ0v) is 8.82. The van der Waals surface area contributed by atoms with E-state index in [1.807, 2.05) is 0 Å². The Kier molecular flexibility index (Phi) is 3.39. The molecule has 0 radical (unpaired) electrons. The minimum atomic E-state index is -0.295. The van der Waals surface area contributed by atoms with Crippen LogP contribution < -0.4 is 4.74 Å². The summed E-state index contributed by atoms with van der Waals surface area (Å²) in [6, 6.07) is 5.78. The Morgan fingerprint density at radius 3 is 2.81 bits per heavy atom. The highest BCUT2D eigenvalue weighted by Crippen LogP contribution is 2.17. The fraction of sp³-hybridized carbons (Fsp3) is 0.417. The second-order valence-electron chi connectivity index (χ2n) is 3.77. The normalized spacial score (nSPS) is 20.3. The van der Waals surface area contributed by atoms with E-state index in [1.54, 1.807) is 12.1 Å². The van der Waals surface area contributed by atoms with Crippen molar-refractivity contribution in [1.29, 1.82) is 0 Å². The summed E-state index contributed by atoms with van der Waals surface area (Å²) in [5, 5.41) is 0. The van der Waals surface area contributed by atoms with Crippen molar-refractivity contribution in [3.8, 4) is 5.75 Å². The highest BCUT2D eigenvalue weighted by atomic mass is 19.1.